The van der Waals surface area contributed by atoms with Crippen LogP contribution in [0.1, 0.15) is 169 Å². The second kappa shape index (κ2) is 54.1. The second-order valence-electron chi connectivity index (χ2n) is 31.1. The van der Waals surface area contributed by atoms with Crippen molar-refractivity contribution in [2.45, 2.75) is 250 Å². The molecule has 2 aromatic carbocycles. The fraction of sp³-hybridized carbons (Fsp3) is 0.600. The molecule has 3 rings (SSSR count). The lowest BCUT2D eigenvalue weighted by Crippen LogP contribution is -2.62. The van der Waals surface area contributed by atoms with Crippen LogP contribution >= 0.6 is 0 Å². The van der Waals surface area contributed by atoms with Gasteiger partial charge in [0.1, 0.15) is 85.1 Å². The maximum atomic E-state index is 15.0. The number of carboxylic acids is 3. The minimum absolute atomic E-state index is 0.0449. The Morgan fingerprint density at radius 1 is 0.439 bits per heavy atom. The van der Waals surface area contributed by atoms with Crippen LogP contribution in [0.25, 0.3) is 0 Å². The maximum Gasteiger partial charge on any atom is 0.322 e. The molecule has 123 heavy (non-hydrogen) atoms. The Hall–Kier alpha value is -12.4. The van der Waals surface area contributed by atoms with Crippen molar-refractivity contribution in [1.82, 2.24) is 79.3 Å². The van der Waals surface area contributed by atoms with E-state index in [1.807, 2.05) is 5.32 Å². The summed E-state index contributed by atoms with van der Waals surface area (Å²) in [6, 6.07) is -3.90. The van der Waals surface area contributed by atoms with E-state index in [-0.39, 0.29) is 95.7 Å². The highest BCUT2D eigenvalue weighted by Gasteiger charge is 2.43. The van der Waals surface area contributed by atoms with Gasteiger partial charge in [0.25, 0.3) is 0 Å². The van der Waals surface area contributed by atoms with Gasteiger partial charge in [-0.25, -0.2) is 0 Å². The molecule has 0 unspecified atom stereocenters. The monoisotopic (exact) mass is 1730 g/mol. The van der Waals surface area contributed by atoms with Gasteiger partial charge in [-0.2, -0.15) is 0 Å². The van der Waals surface area contributed by atoms with E-state index >= 15 is 0 Å². The molecule has 1 aliphatic heterocycles. The van der Waals surface area contributed by atoms with E-state index in [1.165, 1.54) is 13.8 Å². The minimum atomic E-state index is -1.89. The van der Waals surface area contributed by atoms with Gasteiger partial charge in [0.2, 0.25) is 94.5 Å². The normalized spacial score (nSPS) is 15.7. The van der Waals surface area contributed by atoms with Gasteiger partial charge in [0.15, 0.2) is 5.96 Å². The van der Waals surface area contributed by atoms with Crippen molar-refractivity contribution in [3.63, 3.8) is 0 Å². The van der Waals surface area contributed by atoms with Gasteiger partial charge in [-0.3, -0.25) is 96.5 Å². The molecular formula is C80H125N21O22. The van der Waals surface area contributed by atoms with Gasteiger partial charge in [-0.1, -0.05) is 129 Å². The Bertz CT molecular complexity index is 3970. The zero-order chi connectivity index (χ0) is 92.3. The van der Waals surface area contributed by atoms with E-state index in [9.17, 15) is 101 Å². The lowest BCUT2D eigenvalue weighted by atomic mass is 9.94. The molecule has 43 heteroatoms. The van der Waals surface area contributed by atoms with Gasteiger partial charge < -0.3 is 123 Å². The summed E-state index contributed by atoms with van der Waals surface area (Å²) in [6.45, 7) is 12.1. The Balaban J connectivity index is 2.01. The quantitative estimate of drug-likeness (QED) is 0.0168. The summed E-state index contributed by atoms with van der Waals surface area (Å²) >= 11 is 0. The average Bonchev–Trinajstić information content (AvgIpc) is 1.73. The number of nitrogens with two attached hydrogens (primary N) is 5. The standard InChI is InChI=1S/C80H125N21O22/c1-9-44(7)65(100-78(122)66(45(8)10-2)99-74(118)52(35-42(3)4)93-68(112)48(89-60(104)40-82)26-19-33-87-80(85)86)77(121)92-51(29-31-62(107)108)70(114)94-53(36-46-21-13-11-14-22-46)72(116)90-49(25-17-18-32-81)71(115)98-64(43(5)6)76(120)96-55(39-59(84)103)73(117)97-56(37-47-23-15-12-16-24-47)79(123)101-34-20-27-57(101)75(119)91-50(28-30-61(105)106)69(113)95-54(38-58(83)102)67(111)88-41-63(109)110/h11-16,21-24,42-45,48-57,64-66H,9-10,17-20,25-41,81-82H2,1-8H3,(H2,83,102)(H2,84,103)(H,88,111)(H,89,104)(H,90,116)(H,91,119)(H,92,121)(H,93,112)(H,94,114)(H,95,113)(H,96,120)(H,97,117)(H,98,115)(H,99,118)(H,100,122)(H,105,106)(H,107,108)(H,109,110)(H4,85,86,87)/t44-,45-,48-,49-,50-,51-,52-,53-,54-,55-,56-,57-,64-,65-,66-/m0/s1. The van der Waals surface area contributed by atoms with Crippen molar-refractivity contribution in [1.29, 1.82) is 5.41 Å². The number of benzene rings is 2. The first-order valence-electron chi connectivity index (χ1n) is 41.0. The van der Waals surface area contributed by atoms with Gasteiger partial charge in [-0.05, 0) is 106 Å². The van der Waals surface area contributed by atoms with Crippen molar-refractivity contribution < 1.29 is 106 Å². The Labute approximate surface area is 713 Å². The van der Waals surface area contributed by atoms with Crippen molar-refractivity contribution in [2.24, 2.45) is 52.3 Å². The lowest BCUT2D eigenvalue weighted by Gasteiger charge is -2.31. The van der Waals surface area contributed by atoms with Gasteiger partial charge >= 0.3 is 17.9 Å². The Kier molecular flexibility index (Phi) is 46.0. The third-order valence-corrected chi connectivity index (χ3v) is 20.3. The van der Waals surface area contributed by atoms with Crippen molar-refractivity contribution in [3.8, 4) is 0 Å². The molecular weight excluding hydrogens is 1610 g/mol. The number of primary amides is 2. The molecule has 0 saturated carbocycles. The number of carbonyl (C=O) groups excluding carboxylic acids is 16. The molecule has 1 heterocycles. The predicted molar refractivity (Wildman–Crippen MR) is 445 cm³/mol. The molecule has 0 aliphatic carbocycles. The largest absolute Gasteiger partial charge is 0.481 e. The fourth-order valence-electron chi connectivity index (χ4n) is 13.2. The highest BCUT2D eigenvalue weighted by Crippen LogP contribution is 2.23. The van der Waals surface area contributed by atoms with Crippen LogP contribution < -0.4 is 103 Å². The Morgan fingerprint density at radius 3 is 1.33 bits per heavy atom. The van der Waals surface area contributed by atoms with Crippen LogP contribution in [-0.2, 0) is 104 Å². The number of nitrogens with zero attached hydrogens (tertiary/aromatic N) is 1. The third kappa shape index (κ3) is 38.0. The fourth-order valence-corrected chi connectivity index (χ4v) is 13.2. The SMILES string of the molecule is CC[C@H](C)[C@H](NC(=O)[C@H](CC(C)C)NC(=O)[C@H](CCCNC(=N)N)NC(=O)CN)C(=O)N[C@H](C(=O)N[C@@H](CCC(=O)O)C(=O)N[C@@H](Cc1ccccc1)C(=O)N[C@@H](CCCCN)C(=O)N[C@H](C(=O)N[C@@H](CC(N)=O)C(=O)N[C@@H](Cc1ccccc1)C(=O)N1CCC[C@H]1C(=O)N[C@@H](CCC(=O)O)C(=O)N[C@@H](CC(N)=O)C(=O)NCC(=O)O)C(C)C)[C@@H](C)CC. The first-order chi connectivity index (χ1) is 58.0. The minimum Gasteiger partial charge on any atom is -0.481 e. The molecule has 43 nitrogen and oxygen atoms in total. The number of likely N-dealkylation sites (tertiary alicyclic amines) is 1. The molecule has 16 amide bonds. The molecule has 15 atom stereocenters. The molecule has 0 spiro atoms. The van der Waals surface area contributed by atoms with E-state index in [1.54, 1.807) is 102 Å². The zero-order valence-electron chi connectivity index (χ0n) is 70.8. The van der Waals surface area contributed by atoms with Crippen LogP contribution in [0.3, 0.4) is 0 Å². The number of aliphatic carboxylic acids is 3. The molecule has 0 radical (unpaired) electrons. The van der Waals surface area contributed by atoms with Crippen molar-refractivity contribution >= 4 is 118 Å². The van der Waals surface area contributed by atoms with E-state index in [0.717, 1.165) is 4.90 Å². The number of hydrogen-bond acceptors (Lipinski definition) is 22. The summed E-state index contributed by atoms with van der Waals surface area (Å²) in [5, 5.41) is 71.5. The van der Waals surface area contributed by atoms with E-state index < -0.39 is 260 Å². The van der Waals surface area contributed by atoms with Crippen LogP contribution in [0.5, 0.6) is 0 Å². The molecule has 1 saturated heterocycles. The van der Waals surface area contributed by atoms with E-state index in [4.69, 9.17) is 39.2 Å². The van der Waals surface area contributed by atoms with Crippen molar-refractivity contribution in [3.05, 3.63) is 71.8 Å². The summed E-state index contributed by atoms with van der Waals surface area (Å²) in [5.74, 6) is -22.8. The number of carbonyl (C=O) groups is 19. The van der Waals surface area contributed by atoms with Crippen LogP contribution in [0.4, 0.5) is 0 Å². The maximum absolute atomic E-state index is 15.0. The smallest absolute Gasteiger partial charge is 0.322 e. The topological polar surface area (TPSA) is 711 Å². The van der Waals surface area contributed by atoms with Crippen LogP contribution in [0, 0.1) is 29.1 Å². The molecule has 1 fully saturated rings. The van der Waals surface area contributed by atoms with Crippen LogP contribution in [0.15, 0.2) is 60.7 Å². The molecule has 1 aliphatic rings. The predicted octanol–water partition coefficient (Wildman–Crippen LogP) is -4.89. The number of guanidine groups is 1. The highest BCUT2D eigenvalue weighted by atomic mass is 16.4. The first kappa shape index (κ1) is 105. The summed E-state index contributed by atoms with van der Waals surface area (Å²) in [6.07, 6.45) is -3.61. The van der Waals surface area contributed by atoms with Gasteiger partial charge in [0, 0.05) is 38.8 Å². The first-order valence-corrected chi connectivity index (χ1v) is 41.0. The second-order valence-corrected chi connectivity index (χ2v) is 31.1. The summed E-state index contributed by atoms with van der Waals surface area (Å²) in [7, 11) is 0. The number of carboxylic acid groups (broad SMARTS) is 3. The third-order valence-electron chi connectivity index (χ3n) is 20.3. The summed E-state index contributed by atoms with van der Waals surface area (Å²) < 4.78 is 0. The molecule has 28 N–H and O–H groups in total. The number of nitrogens with one attached hydrogen (secondary N) is 15. The summed E-state index contributed by atoms with van der Waals surface area (Å²) in [4.78, 5) is 261. The molecule has 682 valence electrons. The highest BCUT2D eigenvalue weighted by molar-refractivity contribution is 6.02. The van der Waals surface area contributed by atoms with E-state index in [2.05, 4.69) is 69.1 Å². The van der Waals surface area contributed by atoms with Gasteiger partial charge in [0.05, 0.1) is 19.4 Å². The molecule has 0 aromatic heterocycles. The number of unbranched alkanes of at least 4 members (excludes halogenated alkanes) is 1. The molecule has 2 aromatic rings. The summed E-state index contributed by atoms with van der Waals surface area (Å²) in [5.41, 5.74) is 28.7. The lowest BCUT2D eigenvalue weighted by molar-refractivity contribution is -0.143. The zero-order valence-corrected chi connectivity index (χ0v) is 70.8. The van der Waals surface area contributed by atoms with Crippen molar-refractivity contribution in [2.75, 3.05) is 32.7 Å². The van der Waals surface area contributed by atoms with Crippen LogP contribution in [0.2, 0.25) is 0 Å². The van der Waals surface area contributed by atoms with E-state index in [0.29, 0.717) is 24.0 Å². The molecule has 0 bridgehead atoms. The number of rotatable bonds is 57. The number of amides is 16. The average molecular weight is 1730 g/mol. The Morgan fingerprint density at radius 2 is 0.837 bits per heavy atom. The van der Waals surface area contributed by atoms with Gasteiger partial charge in [-0.15, -0.1) is 0 Å². The van der Waals surface area contributed by atoms with Crippen LogP contribution in [-0.4, -0.2) is 250 Å². The number of hydrogen-bond donors (Lipinski definition) is 23.